The normalized spacial score (nSPS) is 23.1. The van der Waals surface area contributed by atoms with Crippen molar-refractivity contribution in [3.63, 3.8) is 0 Å². The van der Waals surface area contributed by atoms with E-state index in [0.29, 0.717) is 12.0 Å². The Labute approximate surface area is 117 Å². The maximum Gasteiger partial charge on any atom is 0.325 e. The largest absolute Gasteiger partial charge is 0.468 e. The highest BCUT2D eigenvalue weighted by atomic mass is 16.5. The molecular formula is C15H30N2O2. The molecular weight excluding hydrogens is 240 g/mol. The average Bonchev–Trinajstić information content (AvgIpc) is 2.38. The third-order valence-electron chi connectivity index (χ3n) is 4.07. The molecule has 0 aliphatic carbocycles. The van der Waals surface area contributed by atoms with Gasteiger partial charge in [-0.05, 0) is 59.0 Å². The van der Waals surface area contributed by atoms with E-state index in [9.17, 15) is 4.79 Å². The third-order valence-corrected chi connectivity index (χ3v) is 4.07. The maximum absolute atomic E-state index is 11.7. The van der Waals surface area contributed by atoms with Crippen molar-refractivity contribution < 1.29 is 9.53 Å². The minimum atomic E-state index is -0.610. The fourth-order valence-electron chi connectivity index (χ4n) is 3.02. The van der Waals surface area contributed by atoms with Gasteiger partial charge in [0.25, 0.3) is 0 Å². The number of hydrogen-bond acceptors (Lipinski definition) is 4. The number of hydrogen-bond donors (Lipinski definition) is 1. The molecule has 2 unspecified atom stereocenters. The molecule has 1 N–H and O–H groups in total. The highest BCUT2D eigenvalue weighted by Crippen LogP contribution is 2.21. The lowest BCUT2D eigenvalue weighted by atomic mass is 9.89. The van der Waals surface area contributed by atoms with Crippen LogP contribution in [0.1, 0.15) is 47.0 Å². The second-order valence-corrected chi connectivity index (χ2v) is 6.25. The van der Waals surface area contributed by atoms with Crippen LogP contribution in [0.2, 0.25) is 0 Å². The molecule has 1 saturated heterocycles. The maximum atomic E-state index is 11.7. The van der Waals surface area contributed by atoms with Crippen molar-refractivity contribution in [1.29, 1.82) is 0 Å². The summed E-state index contributed by atoms with van der Waals surface area (Å²) in [6.07, 6.45) is 3.71. The van der Waals surface area contributed by atoms with Gasteiger partial charge in [-0.3, -0.25) is 10.1 Å². The molecule has 0 aromatic rings. The van der Waals surface area contributed by atoms with Crippen LogP contribution >= 0.6 is 0 Å². The van der Waals surface area contributed by atoms with Crippen LogP contribution in [0.4, 0.5) is 0 Å². The predicted octanol–water partition coefficient (Wildman–Crippen LogP) is 2.04. The van der Waals surface area contributed by atoms with E-state index in [2.05, 4.69) is 24.1 Å². The van der Waals surface area contributed by atoms with Crippen molar-refractivity contribution >= 4 is 5.97 Å². The Hall–Kier alpha value is -0.610. The van der Waals surface area contributed by atoms with Crippen molar-refractivity contribution in [2.24, 2.45) is 5.92 Å². The Balaban J connectivity index is 2.52. The predicted molar refractivity (Wildman–Crippen MR) is 78.1 cm³/mol. The number of esters is 1. The Morgan fingerprint density at radius 2 is 2.21 bits per heavy atom. The van der Waals surface area contributed by atoms with E-state index in [1.165, 1.54) is 39.5 Å². The van der Waals surface area contributed by atoms with Gasteiger partial charge in [0.15, 0.2) is 0 Å². The number of rotatable bonds is 6. The molecule has 4 nitrogen and oxygen atoms in total. The zero-order valence-corrected chi connectivity index (χ0v) is 13.2. The van der Waals surface area contributed by atoms with Crippen molar-refractivity contribution in [2.45, 2.75) is 58.5 Å². The highest BCUT2D eigenvalue weighted by molar-refractivity contribution is 5.79. The molecule has 0 bridgehead atoms. The van der Waals surface area contributed by atoms with Crippen LogP contribution in [0.5, 0.6) is 0 Å². The van der Waals surface area contributed by atoms with Crippen molar-refractivity contribution in [1.82, 2.24) is 10.2 Å². The first-order valence-corrected chi connectivity index (χ1v) is 7.49. The van der Waals surface area contributed by atoms with Crippen LogP contribution in [0, 0.1) is 5.92 Å². The molecule has 0 aromatic heterocycles. The van der Waals surface area contributed by atoms with Gasteiger partial charge in [0.2, 0.25) is 0 Å². The number of likely N-dealkylation sites (tertiary alicyclic amines) is 1. The summed E-state index contributed by atoms with van der Waals surface area (Å²) in [5.74, 6) is 0.421. The highest BCUT2D eigenvalue weighted by Gasteiger charge is 2.33. The lowest BCUT2D eigenvalue weighted by Gasteiger charge is -2.38. The first kappa shape index (κ1) is 16.4. The lowest BCUT2D eigenvalue weighted by Crippen LogP contribution is -2.55. The molecule has 1 aliphatic heterocycles. The standard InChI is InChI=1S/C15H30N2O2/c1-6-9-17-10-7-8-13(11-17)12(2)16-15(3,4)14(18)19-5/h12-13,16H,6-11H2,1-5H3. The smallest absolute Gasteiger partial charge is 0.325 e. The zero-order chi connectivity index (χ0) is 14.5. The van der Waals surface area contributed by atoms with Gasteiger partial charge in [0.1, 0.15) is 5.54 Å². The Bertz CT molecular complexity index is 290. The molecule has 0 radical (unpaired) electrons. The SMILES string of the molecule is CCCN1CCCC(C(C)NC(C)(C)C(=O)OC)C1. The van der Waals surface area contributed by atoms with Gasteiger partial charge in [0.05, 0.1) is 7.11 Å². The average molecular weight is 270 g/mol. The van der Waals surface area contributed by atoms with Crippen LogP contribution in [0.15, 0.2) is 0 Å². The summed E-state index contributed by atoms with van der Waals surface area (Å²) in [7, 11) is 1.44. The Kier molecular flexibility index (Phi) is 6.27. The van der Waals surface area contributed by atoms with Crippen LogP contribution in [0.25, 0.3) is 0 Å². The Morgan fingerprint density at radius 3 is 2.79 bits per heavy atom. The van der Waals surface area contributed by atoms with E-state index in [1.807, 2.05) is 13.8 Å². The molecule has 0 amide bonds. The van der Waals surface area contributed by atoms with Gasteiger partial charge >= 0.3 is 5.97 Å². The number of ether oxygens (including phenoxy) is 1. The molecule has 1 rings (SSSR count). The first-order valence-electron chi connectivity index (χ1n) is 7.49. The number of carbonyl (C=O) groups excluding carboxylic acids is 1. The van der Waals surface area contributed by atoms with Crippen molar-refractivity contribution in [3.05, 3.63) is 0 Å². The van der Waals surface area contributed by atoms with Gasteiger partial charge in [-0.1, -0.05) is 6.92 Å². The summed E-state index contributed by atoms with van der Waals surface area (Å²) < 4.78 is 4.85. The summed E-state index contributed by atoms with van der Waals surface area (Å²) in [6.45, 7) is 11.7. The van der Waals surface area contributed by atoms with Gasteiger partial charge in [-0.25, -0.2) is 0 Å². The molecule has 1 heterocycles. The number of nitrogens with one attached hydrogen (secondary N) is 1. The first-order chi connectivity index (χ1) is 8.90. The second kappa shape index (κ2) is 7.25. The molecule has 0 saturated carbocycles. The third kappa shape index (κ3) is 4.77. The number of methoxy groups -OCH3 is 1. The number of nitrogens with zero attached hydrogens (tertiary/aromatic N) is 1. The summed E-state index contributed by atoms with van der Waals surface area (Å²) in [5.41, 5.74) is -0.610. The van der Waals surface area contributed by atoms with Crippen LogP contribution in [0.3, 0.4) is 0 Å². The summed E-state index contributed by atoms with van der Waals surface area (Å²) >= 11 is 0. The van der Waals surface area contributed by atoms with Crippen molar-refractivity contribution in [3.8, 4) is 0 Å². The van der Waals surface area contributed by atoms with Gasteiger partial charge < -0.3 is 9.64 Å². The molecule has 1 fully saturated rings. The van der Waals surface area contributed by atoms with Crippen LogP contribution in [-0.2, 0) is 9.53 Å². The van der Waals surface area contributed by atoms with E-state index in [1.54, 1.807) is 0 Å². The quantitative estimate of drug-likeness (QED) is 0.750. The van der Waals surface area contributed by atoms with Crippen LogP contribution in [-0.4, -0.2) is 49.2 Å². The van der Waals surface area contributed by atoms with E-state index in [4.69, 9.17) is 4.74 Å². The number of carbonyl (C=O) groups is 1. The number of piperidine rings is 1. The van der Waals surface area contributed by atoms with Gasteiger partial charge in [-0.15, -0.1) is 0 Å². The van der Waals surface area contributed by atoms with Gasteiger partial charge in [0, 0.05) is 12.6 Å². The summed E-state index contributed by atoms with van der Waals surface area (Å²) in [5, 5.41) is 3.44. The minimum Gasteiger partial charge on any atom is -0.468 e. The topological polar surface area (TPSA) is 41.6 Å². The Morgan fingerprint density at radius 1 is 1.53 bits per heavy atom. The molecule has 1 aliphatic rings. The molecule has 4 heteroatoms. The molecule has 0 spiro atoms. The molecule has 2 atom stereocenters. The lowest BCUT2D eigenvalue weighted by molar-refractivity contribution is -0.147. The summed E-state index contributed by atoms with van der Waals surface area (Å²) in [4.78, 5) is 14.3. The van der Waals surface area contributed by atoms with E-state index < -0.39 is 5.54 Å². The fraction of sp³-hybridized carbons (Fsp3) is 0.933. The summed E-state index contributed by atoms with van der Waals surface area (Å²) in [6, 6.07) is 0.328. The molecule has 112 valence electrons. The zero-order valence-electron chi connectivity index (χ0n) is 13.2. The second-order valence-electron chi connectivity index (χ2n) is 6.25. The van der Waals surface area contributed by atoms with E-state index in [-0.39, 0.29) is 5.97 Å². The minimum absolute atomic E-state index is 0.194. The molecule has 19 heavy (non-hydrogen) atoms. The monoisotopic (exact) mass is 270 g/mol. The van der Waals surface area contributed by atoms with E-state index >= 15 is 0 Å². The van der Waals surface area contributed by atoms with Gasteiger partial charge in [-0.2, -0.15) is 0 Å². The van der Waals surface area contributed by atoms with E-state index in [0.717, 1.165) is 6.54 Å². The van der Waals surface area contributed by atoms with Crippen molar-refractivity contribution in [2.75, 3.05) is 26.7 Å². The van der Waals surface area contributed by atoms with Crippen LogP contribution < -0.4 is 5.32 Å². The molecule has 0 aromatic carbocycles. The fourth-order valence-corrected chi connectivity index (χ4v) is 3.02.